The van der Waals surface area contributed by atoms with Gasteiger partial charge in [-0.25, -0.2) is 0 Å². The first-order valence-corrected chi connectivity index (χ1v) is 6.98. The average Bonchev–Trinajstić information content (AvgIpc) is 2.71. The number of hydrogen-bond acceptors (Lipinski definition) is 5. The Balaban J connectivity index is 2.54. The van der Waals surface area contributed by atoms with Gasteiger partial charge in [0, 0.05) is 38.4 Å². The number of carboxylic acids is 1. The fraction of sp³-hybridized carbons (Fsp3) is 0.714. The van der Waals surface area contributed by atoms with Crippen LogP contribution in [0.1, 0.15) is 36.8 Å². The molecule has 1 N–H and O–H groups in total. The zero-order valence-electron chi connectivity index (χ0n) is 12.5. The van der Waals surface area contributed by atoms with Gasteiger partial charge in [-0.1, -0.05) is 5.16 Å². The molecule has 6 nitrogen and oxygen atoms in total. The van der Waals surface area contributed by atoms with Gasteiger partial charge in [-0.15, -0.1) is 0 Å². The molecule has 0 unspecified atom stereocenters. The van der Waals surface area contributed by atoms with Crippen LogP contribution in [0.5, 0.6) is 0 Å². The minimum absolute atomic E-state index is 0.137. The standard InChI is InChI=1S/C14H24N2O4/c1-4-19-9-5-7-16(8-6-14(17)18)10-13-11(2)15-20-12(13)3/h4-10H2,1-3H3,(H,17,18). The van der Waals surface area contributed by atoms with E-state index in [-0.39, 0.29) is 6.42 Å². The Hall–Kier alpha value is -1.40. The lowest BCUT2D eigenvalue weighted by Gasteiger charge is -2.21. The third kappa shape index (κ3) is 5.71. The van der Waals surface area contributed by atoms with Crippen molar-refractivity contribution >= 4 is 5.97 Å². The molecule has 0 aliphatic carbocycles. The number of carboxylic acid groups (broad SMARTS) is 1. The van der Waals surface area contributed by atoms with Gasteiger partial charge < -0.3 is 14.4 Å². The van der Waals surface area contributed by atoms with Crippen molar-refractivity contribution in [3.8, 4) is 0 Å². The van der Waals surface area contributed by atoms with Crippen LogP contribution in [0, 0.1) is 13.8 Å². The maximum Gasteiger partial charge on any atom is 0.304 e. The van der Waals surface area contributed by atoms with E-state index in [9.17, 15) is 4.79 Å². The van der Waals surface area contributed by atoms with E-state index < -0.39 is 5.97 Å². The van der Waals surface area contributed by atoms with Crippen molar-refractivity contribution in [2.24, 2.45) is 0 Å². The van der Waals surface area contributed by atoms with Crippen LogP contribution in [-0.4, -0.2) is 47.4 Å². The predicted molar refractivity (Wildman–Crippen MR) is 74.6 cm³/mol. The van der Waals surface area contributed by atoms with Gasteiger partial charge in [-0.05, 0) is 27.2 Å². The summed E-state index contributed by atoms with van der Waals surface area (Å²) in [6.45, 7) is 9.14. The predicted octanol–water partition coefficient (Wildman–Crippen LogP) is 1.99. The molecular formula is C14H24N2O4. The molecule has 1 heterocycles. The maximum atomic E-state index is 10.7. The van der Waals surface area contributed by atoms with Gasteiger partial charge in [-0.3, -0.25) is 9.69 Å². The van der Waals surface area contributed by atoms with Gasteiger partial charge in [0.1, 0.15) is 5.76 Å². The largest absolute Gasteiger partial charge is 0.481 e. The normalized spacial score (nSPS) is 11.2. The van der Waals surface area contributed by atoms with E-state index in [2.05, 4.69) is 10.1 Å². The lowest BCUT2D eigenvalue weighted by molar-refractivity contribution is -0.137. The van der Waals surface area contributed by atoms with Crippen molar-refractivity contribution in [3.63, 3.8) is 0 Å². The van der Waals surface area contributed by atoms with Crippen LogP contribution in [0.2, 0.25) is 0 Å². The third-order valence-corrected chi connectivity index (χ3v) is 3.17. The molecular weight excluding hydrogens is 260 g/mol. The summed E-state index contributed by atoms with van der Waals surface area (Å²) < 4.78 is 10.5. The van der Waals surface area contributed by atoms with Crippen LogP contribution in [-0.2, 0) is 16.1 Å². The van der Waals surface area contributed by atoms with Crippen molar-refractivity contribution in [1.29, 1.82) is 0 Å². The molecule has 0 radical (unpaired) electrons. The SMILES string of the molecule is CCOCCCN(CCC(=O)O)Cc1c(C)noc1C. The number of aromatic nitrogens is 1. The Bertz CT molecular complexity index is 398. The summed E-state index contributed by atoms with van der Waals surface area (Å²) >= 11 is 0. The molecule has 6 heteroatoms. The molecule has 114 valence electrons. The molecule has 0 atom stereocenters. The summed E-state index contributed by atoms with van der Waals surface area (Å²) in [5, 5.41) is 12.8. The average molecular weight is 284 g/mol. The highest BCUT2D eigenvalue weighted by molar-refractivity contribution is 5.66. The number of ether oxygens (including phenoxy) is 1. The van der Waals surface area contributed by atoms with Crippen LogP contribution in [0.25, 0.3) is 0 Å². The van der Waals surface area contributed by atoms with E-state index in [0.29, 0.717) is 26.3 Å². The number of rotatable bonds is 10. The molecule has 0 aliphatic rings. The molecule has 0 saturated heterocycles. The van der Waals surface area contributed by atoms with E-state index in [1.165, 1.54) is 0 Å². The van der Waals surface area contributed by atoms with Gasteiger partial charge in [-0.2, -0.15) is 0 Å². The summed E-state index contributed by atoms with van der Waals surface area (Å²) in [7, 11) is 0. The van der Waals surface area contributed by atoms with E-state index >= 15 is 0 Å². The van der Waals surface area contributed by atoms with Crippen LogP contribution < -0.4 is 0 Å². The van der Waals surface area contributed by atoms with E-state index in [1.54, 1.807) is 0 Å². The van der Waals surface area contributed by atoms with Gasteiger partial charge >= 0.3 is 5.97 Å². The highest BCUT2D eigenvalue weighted by atomic mass is 16.5. The lowest BCUT2D eigenvalue weighted by atomic mass is 10.2. The van der Waals surface area contributed by atoms with E-state index in [1.807, 2.05) is 20.8 Å². The Morgan fingerprint density at radius 2 is 2.15 bits per heavy atom. The highest BCUT2D eigenvalue weighted by Gasteiger charge is 2.14. The Morgan fingerprint density at radius 1 is 1.40 bits per heavy atom. The summed E-state index contributed by atoms with van der Waals surface area (Å²) in [6.07, 6.45) is 1.02. The molecule has 20 heavy (non-hydrogen) atoms. The van der Waals surface area contributed by atoms with Gasteiger partial charge in [0.15, 0.2) is 0 Å². The van der Waals surface area contributed by atoms with Crippen molar-refractivity contribution in [2.75, 3.05) is 26.3 Å². The minimum atomic E-state index is -0.779. The van der Waals surface area contributed by atoms with Crippen molar-refractivity contribution < 1.29 is 19.2 Å². The molecule has 0 spiro atoms. The number of hydrogen-bond donors (Lipinski definition) is 1. The number of carbonyl (C=O) groups is 1. The second-order valence-electron chi connectivity index (χ2n) is 4.77. The molecule has 1 aromatic rings. The molecule has 0 fully saturated rings. The fourth-order valence-electron chi connectivity index (χ4n) is 2.01. The molecule has 0 saturated carbocycles. The summed E-state index contributed by atoms with van der Waals surface area (Å²) in [5.41, 5.74) is 1.92. The van der Waals surface area contributed by atoms with Crippen LogP contribution in [0.15, 0.2) is 4.52 Å². The van der Waals surface area contributed by atoms with Crippen molar-refractivity contribution in [3.05, 3.63) is 17.0 Å². The number of aryl methyl sites for hydroxylation is 2. The Labute approximate surface area is 119 Å². The monoisotopic (exact) mass is 284 g/mol. The maximum absolute atomic E-state index is 10.7. The molecule has 1 aromatic heterocycles. The third-order valence-electron chi connectivity index (χ3n) is 3.17. The van der Waals surface area contributed by atoms with Crippen LogP contribution >= 0.6 is 0 Å². The summed E-state index contributed by atoms with van der Waals surface area (Å²) in [5.74, 6) is 0.0196. The number of nitrogens with zero attached hydrogens (tertiary/aromatic N) is 2. The molecule has 0 amide bonds. The zero-order valence-corrected chi connectivity index (χ0v) is 12.5. The fourth-order valence-corrected chi connectivity index (χ4v) is 2.01. The highest BCUT2D eigenvalue weighted by Crippen LogP contribution is 2.15. The number of aliphatic carboxylic acids is 1. The summed E-state index contributed by atoms with van der Waals surface area (Å²) in [4.78, 5) is 12.8. The van der Waals surface area contributed by atoms with Gasteiger partial charge in [0.25, 0.3) is 0 Å². The van der Waals surface area contributed by atoms with Crippen molar-refractivity contribution in [2.45, 2.75) is 40.2 Å². The first kappa shape index (κ1) is 16.7. The topological polar surface area (TPSA) is 75.8 Å². The van der Waals surface area contributed by atoms with Crippen molar-refractivity contribution in [1.82, 2.24) is 10.1 Å². The van der Waals surface area contributed by atoms with E-state index in [4.69, 9.17) is 14.4 Å². The second kappa shape index (κ2) is 8.71. The minimum Gasteiger partial charge on any atom is -0.481 e. The van der Waals surface area contributed by atoms with E-state index in [0.717, 1.165) is 30.0 Å². The first-order chi connectivity index (χ1) is 9.54. The first-order valence-electron chi connectivity index (χ1n) is 6.98. The summed E-state index contributed by atoms with van der Waals surface area (Å²) in [6, 6.07) is 0. The second-order valence-corrected chi connectivity index (χ2v) is 4.77. The van der Waals surface area contributed by atoms with Gasteiger partial charge in [0.05, 0.1) is 12.1 Å². The lowest BCUT2D eigenvalue weighted by Crippen LogP contribution is -2.28. The molecule has 0 bridgehead atoms. The smallest absolute Gasteiger partial charge is 0.304 e. The zero-order chi connectivity index (χ0) is 15.0. The Kier molecular flexibility index (Phi) is 7.25. The quantitative estimate of drug-likeness (QED) is 0.662. The molecule has 0 aliphatic heterocycles. The molecule has 1 rings (SSSR count). The van der Waals surface area contributed by atoms with Gasteiger partial charge in [0.2, 0.25) is 0 Å². The van der Waals surface area contributed by atoms with Crippen LogP contribution in [0.4, 0.5) is 0 Å². The van der Waals surface area contributed by atoms with Crippen LogP contribution in [0.3, 0.4) is 0 Å². The molecule has 0 aromatic carbocycles. The Morgan fingerprint density at radius 3 is 2.70 bits per heavy atom.